The molecule has 2 aliphatic rings. The molecule has 26 heavy (non-hydrogen) atoms. The normalized spacial score (nSPS) is 18.5. The SMILES string of the molecule is CCOC(=O)C1=C(COC(=O)[C@@H]2COc3ccccc3O2)NC(=O)NC1. The molecule has 0 radical (unpaired) electrons. The van der Waals surface area contributed by atoms with Crippen LogP contribution in [0, 0.1) is 0 Å². The summed E-state index contributed by atoms with van der Waals surface area (Å²) >= 11 is 0. The van der Waals surface area contributed by atoms with Gasteiger partial charge in [0.2, 0.25) is 6.10 Å². The van der Waals surface area contributed by atoms with Crippen LogP contribution in [0.3, 0.4) is 0 Å². The molecule has 2 amide bonds. The Morgan fingerprint density at radius 3 is 2.77 bits per heavy atom. The maximum atomic E-state index is 12.2. The minimum Gasteiger partial charge on any atom is -0.485 e. The summed E-state index contributed by atoms with van der Waals surface area (Å²) in [5, 5.41) is 4.93. The van der Waals surface area contributed by atoms with Crippen molar-refractivity contribution in [3.63, 3.8) is 0 Å². The lowest BCUT2D eigenvalue weighted by atomic mass is 10.1. The smallest absolute Gasteiger partial charge is 0.351 e. The van der Waals surface area contributed by atoms with Crippen LogP contribution >= 0.6 is 0 Å². The van der Waals surface area contributed by atoms with Crippen LogP contribution in [0.25, 0.3) is 0 Å². The Hall–Kier alpha value is -3.23. The van der Waals surface area contributed by atoms with Gasteiger partial charge < -0.3 is 29.6 Å². The molecule has 2 aliphatic heterocycles. The molecule has 0 spiro atoms. The van der Waals surface area contributed by atoms with Crippen molar-refractivity contribution < 1.29 is 33.3 Å². The highest BCUT2D eigenvalue weighted by Crippen LogP contribution is 2.31. The summed E-state index contributed by atoms with van der Waals surface area (Å²) in [6.45, 7) is 1.57. The fourth-order valence-corrected chi connectivity index (χ4v) is 2.44. The summed E-state index contributed by atoms with van der Waals surface area (Å²) in [6.07, 6.45) is -0.936. The molecule has 2 N–H and O–H groups in total. The third-order valence-electron chi connectivity index (χ3n) is 3.71. The van der Waals surface area contributed by atoms with E-state index in [1.807, 2.05) is 0 Å². The molecule has 0 saturated carbocycles. The summed E-state index contributed by atoms with van der Waals surface area (Å²) in [5.41, 5.74) is 0.378. The molecule has 0 saturated heterocycles. The average molecular weight is 362 g/mol. The molecule has 1 aromatic rings. The first-order valence-corrected chi connectivity index (χ1v) is 8.07. The summed E-state index contributed by atoms with van der Waals surface area (Å²) in [5.74, 6) is -0.253. The number of carbonyl (C=O) groups is 3. The van der Waals surface area contributed by atoms with Crippen LogP contribution in [0.15, 0.2) is 35.5 Å². The van der Waals surface area contributed by atoms with Crippen molar-refractivity contribution >= 4 is 18.0 Å². The number of para-hydroxylation sites is 2. The molecule has 0 aromatic heterocycles. The minimum absolute atomic E-state index is 0.00599. The number of urea groups is 1. The van der Waals surface area contributed by atoms with Gasteiger partial charge in [-0.15, -0.1) is 0 Å². The first-order valence-electron chi connectivity index (χ1n) is 8.07. The molecular weight excluding hydrogens is 344 g/mol. The molecule has 0 unspecified atom stereocenters. The van der Waals surface area contributed by atoms with E-state index in [2.05, 4.69) is 10.6 Å². The molecule has 1 aromatic carbocycles. The van der Waals surface area contributed by atoms with Crippen LogP contribution in [0.1, 0.15) is 6.92 Å². The number of hydrogen-bond acceptors (Lipinski definition) is 7. The van der Waals surface area contributed by atoms with Crippen molar-refractivity contribution in [2.75, 3.05) is 26.4 Å². The highest BCUT2D eigenvalue weighted by molar-refractivity contribution is 5.93. The predicted octanol–water partition coefficient (Wildman–Crippen LogP) is 0.500. The van der Waals surface area contributed by atoms with E-state index in [1.165, 1.54) is 0 Å². The van der Waals surface area contributed by atoms with E-state index in [0.717, 1.165) is 0 Å². The lowest BCUT2D eigenvalue weighted by molar-refractivity contribution is -0.153. The molecule has 1 atom stereocenters. The molecule has 2 heterocycles. The van der Waals surface area contributed by atoms with Gasteiger partial charge in [0, 0.05) is 0 Å². The lowest BCUT2D eigenvalue weighted by Crippen LogP contribution is -2.46. The molecule has 0 bridgehead atoms. The Labute approximate surface area is 149 Å². The van der Waals surface area contributed by atoms with Gasteiger partial charge in [-0.3, -0.25) is 0 Å². The molecular formula is C17H18N2O7. The van der Waals surface area contributed by atoms with Gasteiger partial charge in [-0.25, -0.2) is 14.4 Å². The maximum absolute atomic E-state index is 12.2. The second kappa shape index (κ2) is 7.77. The number of benzene rings is 1. The van der Waals surface area contributed by atoms with Crippen molar-refractivity contribution in [1.82, 2.24) is 10.6 Å². The van der Waals surface area contributed by atoms with E-state index in [0.29, 0.717) is 11.5 Å². The van der Waals surface area contributed by atoms with Crippen molar-refractivity contribution in [3.8, 4) is 11.5 Å². The van der Waals surface area contributed by atoms with Gasteiger partial charge in [0.15, 0.2) is 11.5 Å². The quantitative estimate of drug-likeness (QED) is 0.734. The van der Waals surface area contributed by atoms with Gasteiger partial charge in [-0.1, -0.05) is 12.1 Å². The van der Waals surface area contributed by atoms with Crippen molar-refractivity contribution in [2.24, 2.45) is 0 Å². The minimum atomic E-state index is -0.936. The van der Waals surface area contributed by atoms with Gasteiger partial charge in [-0.05, 0) is 19.1 Å². The fraction of sp³-hybridized carbons (Fsp3) is 0.353. The largest absolute Gasteiger partial charge is 0.485 e. The summed E-state index contributed by atoms with van der Waals surface area (Å²) in [7, 11) is 0. The first kappa shape index (κ1) is 17.6. The summed E-state index contributed by atoms with van der Waals surface area (Å²) < 4.78 is 21.2. The fourth-order valence-electron chi connectivity index (χ4n) is 2.44. The Kier molecular flexibility index (Phi) is 5.26. The van der Waals surface area contributed by atoms with E-state index in [9.17, 15) is 14.4 Å². The molecule has 0 aliphatic carbocycles. The maximum Gasteiger partial charge on any atom is 0.351 e. The van der Waals surface area contributed by atoms with Crippen LogP contribution in [0.2, 0.25) is 0 Å². The zero-order chi connectivity index (χ0) is 18.5. The molecule has 3 rings (SSSR count). The van der Waals surface area contributed by atoms with E-state index >= 15 is 0 Å². The second-order valence-electron chi connectivity index (χ2n) is 5.46. The van der Waals surface area contributed by atoms with Gasteiger partial charge in [0.05, 0.1) is 24.4 Å². The zero-order valence-corrected chi connectivity index (χ0v) is 14.1. The van der Waals surface area contributed by atoms with Crippen molar-refractivity contribution in [2.45, 2.75) is 13.0 Å². The number of nitrogens with one attached hydrogen (secondary N) is 2. The Morgan fingerprint density at radius 1 is 1.23 bits per heavy atom. The van der Waals surface area contributed by atoms with Gasteiger partial charge >= 0.3 is 18.0 Å². The van der Waals surface area contributed by atoms with Crippen LogP contribution in [-0.2, 0) is 19.1 Å². The third-order valence-corrected chi connectivity index (χ3v) is 3.71. The zero-order valence-electron chi connectivity index (χ0n) is 14.1. The van der Waals surface area contributed by atoms with E-state index in [4.69, 9.17) is 18.9 Å². The number of hydrogen-bond donors (Lipinski definition) is 2. The van der Waals surface area contributed by atoms with Crippen LogP contribution in [-0.4, -0.2) is 50.4 Å². The average Bonchev–Trinajstić information content (AvgIpc) is 2.66. The van der Waals surface area contributed by atoms with E-state index in [1.54, 1.807) is 31.2 Å². The standard InChI is InChI=1S/C17H18N2O7/c1-2-23-15(20)10-7-18-17(22)19-11(10)8-25-16(21)14-9-24-12-5-3-4-6-13(12)26-14/h3-6,14H,2,7-9H2,1H3,(H2,18,19,22)/t14-/m0/s1. The van der Waals surface area contributed by atoms with Crippen LogP contribution in [0.5, 0.6) is 11.5 Å². The Balaban J connectivity index is 1.64. The third kappa shape index (κ3) is 3.88. The first-order chi connectivity index (χ1) is 12.6. The van der Waals surface area contributed by atoms with Gasteiger partial charge in [0.25, 0.3) is 0 Å². The molecule has 138 valence electrons. The molecule has 9 heteroatoms. The van der Waals surface area contributed by atoms with Crippen molar-refractivity contribution in [3.05, 3.63) is 35.5 Å². The highest BCUT2D eigenvalue weighted by atomic mass is 16.6. The van der Waals surface area contributed by atoms with Crippen LogP contribution < -0.4 is 20.1 Å². The van der Waals surface area contributed by atoms with E-state index in [-0.39, 0.29) is 37.6 Å². The van der Waals surface area contributed by atoms with E-state index < -0.39 is 24.1 Å². The molecule has 0 fully saturated rings. The number of esters is 2. The number of amides is 2. The number of rotatable bonds is 5. The Morgan fingerprint density at radius 2 is 2.00 bits per heavy atom. The predicted molar refractivity (Wildman–Crippen MR) is 87.5 cm³/mol. The summed E-state index contributed by atoms with van der Waals surface area (Å²) in [4.78, 5) is 35.7. The number of ether oxygens (including phenoxy) is 4. The topological polar surface area (TPSA) is 112 Å². The van der Waals surface area contributed by atoms with Gasteiger partial charge in [0.1, 0.15) is 13.2 Å². The summed E-state index contributed by atoms with van der Waals surface area (Å²) in [6, 6.07) is 6.48. The second-order valence-corrected chi connectivity index (χ2v) is 5.46. The van der Waals surface area contributed by atoms with Crippen LogP contribution in [0.4, 0.5) is 4.79 Å². The number of fused-ring (bicyclic) bond motifs is 1. The lowest BCUT2D eigenvalue weighted by Gasteiger charge is -2.26. The Bertz CT molecular complexity index is 759. The van der Waals surface area contributed by atoms with Gasteiger partial charge in [-0.2, -0.15) is 0 Å². The van der Waals surface area contributed by atoms with Crippen molar-refractivity contribution in [1.29, 1.82) is 0 Å². The monoisotopic (exact) mass is 362 g/mol. The highest BCUT2D eigenvalue weighted by Gasteiger charge is 2.30. The molecule has 9 nitrogen and oxygen atoms in total. The number of carbonyl (C=O) groups excluding carboxylic acids is 3.